The van der Waals surface area contributed by atoms with Crippen molar-refractivity contribution in [3.05, 3.63) is 71.0 Å². The van der Waals surface area contributed by atoms with E-state index in [4.69, 9.17) is 4.99 Å². The van der Waals surface area contributed by atoms with E-state index in [-0.39, 0.29) is 17.8 Å². The predicted molar refractivity (Wildman–Crippen MR) is 129 cm³/mol. The Labute approximate surface area is 205 Å². The molecule has 1 saturated heterocycles. The van der Waals surface area contributed by atoms with Gasteiger partial charge in [-0.2, -0.15) is 18.3 Å². The Hall–Kier alpha value is -4.02. The maximum absolute atomic E-state index is 13.1. The molecule has 2 atom stereocenters. The summed E-state index contributed by atoms with van der Waals surface area (Å²) >= 11 is 0. The van der Waals surface area contributed by atoms with E-state index in [2.05, 4.69) is 39.6 Å². The number of aryl methyl sites for hydroxylation is 1. The highest BCUT2D eigenvalue weighted by Crippen LogP contribution is 2.31. The minimum Gasteiger partial charge on any atom is -0.323 e. The molecule has 0 bridgehead atoms. The van der Waals surface area contributed by atoms with Crippen LogP contribution in [-0.2, 0) is 19.6 Å². The van der Waals surface area contributed by atoms with Gasteiger partial charge in [-0.3, -0.25) is 0 Å². The molecule has 2 N–H and O–H groups in total. The van der Waals surface area contributed by atoms with Gasteiger partial charge in [0.25, 0.3) is 0 Å². The number of aliphatic imine (C=N–C) groups is 2. The molecule has 0 saturated carbocycles. The largest absolute Gasteiger partial charge is 0.451 e. The van der Waals surface area contributed by atoms with Crippen LogP contribution in [0.3, 0.4) is 0 Å². The van der Waals surface area contributed by atoms with Crippen molar-refractivity contribution in [3.8, 4) is 11.4 Å². The molecular formula is C25H24F3N7O. The molecule has 1 fully saturated rings. The van der Waals surface area contributed by atoms with Crippen molar-refractivity contribution in [2.75, 3.05) is 0 Å². The van der Waals surface area contributed by atoms with Crippen molar-refractivity contribution in [1.82, 2.24) is 25.4 Å². The molecular weight excluding hydrogens is 471 g/mol. The Kier molecular flexibility index (Phi) is 5.65. The summed E-state index contributed by atoms with van der Waals surface area (Å²) in [5.74, 6) is -0.239. The van der Waals surface area contributed by atoms with Crippen LogP contribution in [0.5, 0.6) is 0 Å². The lowest BCUT2D eigenvalue weighted by Gasteiger charge is -2.31. The number of urea groups is 1. The van der Waals surface area contributed by atoms with E-state index in [1.54, 1.807) is 30.5 Å². The number of benzene rings is 2. The first kappa shape index (κ1) is 23.7. The lowest BCUT2D eigenvalue weighted by molar-refractivity contribution is -0.147. The van der Waals surface area contributed by atoms with E-state index in [0.29, 0.717) is 17.8 Å². The van der Waals surface area contributed by atoms with Crippen molar-refractivity contribution in [2.45, 2.75) is 44.1 Å². The van der Waals surface area contributed by atoms with Gasteiger partial charge in [0.2, 0.25) is 5.82 Å². The summed E-state index contributed by atoms with van der Waals surface area (Å²) in [6.07, 6.45) is -3.05. The van der Waals surface area contributed by atoms with Gasteiger partial charge in [-0.05, 0) is 17.0 Å². The van der Waals surface area contributed by atoms with E-state index in [1.807, 2.05) is 24.3 Å². The molecule has 0 spiro atoms. The van der Waals surface area contributed by atoms with Gasteiger partial charge >= 0.3 is 12.2 Å². The van der Waals surface area contributed by atoms with E-state index in [1.165, 1.54) is 7.05 Å². The smallest absolute Gasteiger partial charge is 0.323 e. The van der Waals surface area contributed by atoms with Gasteiger partial charge in [0.05, 0.1) is 0 Å². The van der Waals surface area contributed by atoms with Crippen LogP contribution in [0.2, 0.25) is 0 Å². The van der Waals surface area contributed by atoms with Crippen LogP contribution in [0.15, 0.2) is 58.5 Å². The number of nitrogens with one attached hydrogen (secondary N) is 2. The number of hydrogen-bond donors (Lipinski definition) is 2. The van der Waals surface area contributed by atoms with Crippen LogP contribution in [-0.4, -0.2) is 44.6 Å². The number of nitrogens with zero attached hydrogens (tertiary/aromatic N) is 5. The van der Waals surface area contributed by atoms with Crippen molar-refractivity contribution < 1.29 is 18.0 Å². The summed E-state index contributed by atoms with van der Waals surface area (Å²) in [4.78, 5) is 25.4. The average molecular weight is 496 g/mol. The molecule has 0 aliphatic carbocycles. The molecule has 2 unspecified atom stereocenters. The van der Waals surface area contributed by atoms with Gasteiger partial charge in [-0.15, -0.1) is 0 Å². The minimum absolute atomic E-state index is 0.0134. The summed E-state index contributed by atoms with van der Waals surface area (Å²) in [6, 6.07) is 14.4. The van der Waals surface area contributed by atoms with Crippen LogP contribution in [0, 0.1) is 0 Å². The molecule has 36 heavy (non-hydrogen) atoms. The Balaban J connectivity index is 1.40. The van der Waals surface area contributed by atoms with E-state index < -0.39 is 23.7 Å². The van der Waals surface area contributed by atoms with Crippen molar-refractivity contribution in [2.24, 2.45) is 17.0 Å². The third-order valence-corrected chi connectivity index (χ3v) is 6.32. The van der Waals surface area contributed by atoms with Crippen molar-refractivity contribution in [3.63, 3.8) is 0 Å². The van der Waals surface area contributed by atoms with Crippen LogP contribution >= 0.6 is 0 Å². The Morgan fingerprint density at radius 1 is 1.11 bits per heavy atom. The second kappa shape index (κ2) is 8.58. The van der Waals surface area contributed by atoms with E-state index >= 15 is 0 Å². The summed E-state index contributed by atoms with van der Waals surface area (Å²) in [5, 5.41) is 9.70. The zero-order valence-electron chi connectivity index (χ0n) is 19.8. The lowest BCUT2D eigenvalue weighted by Crippen LogP contribution is -2.54. The highest BCUT2D eigenvalue weighted by molar-refractivity contribution is 6.08. The highest BCUT2D eigenvalue weighted by atomic mass is 19.4. The topological polar surface area (TPSA) is 96.6 Å². The van der Waals surface area contributed by atoms with Gasteiger partial charge in [0.1, 0.15) is 5.54 Å². The van der Waals surface area contributed by atoms with Gasteiger partial charge in [0, 0.05) is 30.8 Å². The quantitative estimate of drug-likeness (QED) is 0.558. The first-order valence-electron chi connectivity index (χ1n) is 11.4. The zero-order chi connectivity index (χ0) is 25.7. The fourth-order valence-electron chi connectivity index (χ4n) is 4.54. The third kappa shape index (κ3) is 4.25. The maximum Gasteiger partial charge on any atom is 0.451 e. The molecule has 186 valence electrons. The molecule has 2 amide bonds. The number of carbonyl (C=O) groups is 1. The summed E-state index contributed by atoms with van der Waals surface area (Å²) in [6.45, 7) is 4.20. The number of hydrogen-bond acceptors (Lipinski definition) is 5. The molecule has 3 heterocycles. The van der Waals surface area contributed by atoms with E-state index in [9.17, 15) is 18.0 Å². The van der Waals surface area contributed by atoms with Crippen LogP contribution in [0.25, 0.3) is 11.4 Å². The fourth-order valence-corrected chi connectivity index (χ4v) is 4.54. The molecule has 0 radical (unpaired) electrons. The van der Waals surface area contributed by atoms with Gasteiger partial charge in [-0.25, -0.2) is 24.4 Å². The predicted octanol–water partition coefficient (Wildman–Crippen LogP) is 4.08. The molecule has 3 aromatic rings. The SMILES string of the molecule is CC(C)c1ccccc1C1=NC2NC(=O)NC2(Cc2ccc(-c3nc(C(F)(F)F)n(C)n3)cc2)C=N1. The standard InChI is InChI=1S/C25H24F3N7O/c1-14(2)17-6-4-5-7-18(17)20-29-13-24(21(30-20)32-23(36)33-24)12-15-8-10-16(11-9-15)19-31-22(25(26,27)28)35(3)34-19/h4-11,13-14,21H,12H2,1-3H3,(H2,32,33,36). The number of amides is 2. The molecule has 2 aromatic carbocycles. The monoisotopic (exact) mass is 495 g/mol. The van der Waals surface area contributed by atoms with Gasteiger partial charge in [0.15, 0.2) is 17.8 Å². The molecule has 1 aromatic heterocycles. The zero-order valence-corrected chi connectivity index (χ0v) is 19.8. The number of fused-ring (bicyclic) bond motifs is 1. The molecule has 8 nitrogen and oxygen atoms in total. The average Bonchev–Trinajstić information content (AvgIpc) is 3.38. The highest BCUT2D eigenvalue weighted by Gasteiger charge is 2.47. The molecule has 2 aliphatic rings. The number of aromatic nitrogens is 3. The Bertz CT molecular complexity index is 1380. The normalized spacial score (nSPS) is 21.2. The third-order valence-electron chi connectivity index (χ3n) is 6.32. The first-order valence-corrected chi connectivity index (χ1v) is 11.4. The van der Waals surface area contributed by atoms with Crippen LogP contribution in [0.1, 0.15) is 42.3 Å². The maximum atomic E-state index is 13.1. The van der Waals surface area contributed by atoms with Gasteiger partial charge in [-0.1, -0.05) is 62.4 Å². The molecule has 11 heteroatoms. The van der Waals surface area contributed by atoms with Gasteiger partial charge < -0.3 is 10.6 Å². The summed E-state index contributed by atoms with van der Waals surface area (Å²) in [5.41, 5.74) is 2.46. The van der Waals surface area contributed by atoms with Crippen molar-refractivity contribution >= 4 is 18.1 Å². The fraction of sp³-hybridized carbons (Fsp3) is 0.320. The lowest BCUT2D eigenvalue weighted by atomic mass is 9.88. The number of halogens is 3. The van der Waals surface area contributed by atoms with E-state index in [0.717, 1.165) is 21.4 Å². The Morgan fingerprint density at radius 2 is 1.83 bits per heavy atom. The second-order valence-corrected chi connectivity index (χ2v) is 9.25. The molecule has 5 rings (SSSR count). The second-order valence-electron chi connectivity index (χ2n) is 9.25. The number of amidine groups is 1. The number of alkyl halides is 3. The molecule has 2 aliphatic heterocycles. The minimum atomic E-state index is -4.59. The summed E-state index contributed by atoms with van der Waals surface area (Å²) < 4.78 is 39.9. The van der Waals surface area contributed by atoms with Crippen LogP contribution in [0.4, 0.5) is 18.0 Å². The number of carbonyl (C=O) groups excluding carboxylic acids is 1. The van der Waals surface area contributed by atoms with Crippen LogP contribution < -0.4 is 10.6 Å². The van der Waals surface area contributed by atoms with Crippen molar-refractivity contribution in [1.29, 1.82) is 0 Å². The Morgan fingerprint density at radius 3 is 2.50 bits per heavy atom. The summed E-state index contributed by atoms with van der Waals surface area (Å²) in [7, 11) is 1.21. The first-order chi connectivity index (χ1) is 17.1. The number of rotatable bonds is 5.